The summed E-state index contributed by atoms with van der Waals surface area (Å²) in [5.74, 6) is -6.17. The third kappa shape index (κ3) is 10.4. The Kier molecular flexibility index (Phi) is 13.8. The van der Waals surface area contributed by atoms with Gasteiger partial charge in [-0.25, -0.2) is 18.0 Å². The number of benzene rings is 4. The molecule has 1 aromatic heterocycles. The van der Waals surface area contributed by atoms with Crippen LogP contribution < -0.4 is 21.6 Å². The number of amides is 2. The molecule has 2 amide bonds. The van der Waals surface area contributed by atoms with Crippen LogP contribution in [-0.4, -0.2) is 51.3 Å². The molecule has 274 valence electrons. The number of ketones is 2. The van der Waals surface area contributed by atoms with E-state index in [2.05, 4.69) is 20.9 Å². The Morgan fingerprint density at radius 1 is 0.679 bits per heavy atom. The molecule has 0 fully saturated rings. The van der Waals surface area contributed by atoms with Crippen LogP contribution in [0.2, 0.25) is 20.1 Å². The van der Waals surface area contributed by atoms with Crippen molar-refractivity contribution in [2.24, 2.45) is 0 Å². The maximum absolute atomic E-state index is 14.3. The van der Waals surface area contributed by atoms with Gasteiger partial charge in [0.1, 0.15) is 11.6 Å². The average molecular weight is 809 g/mol. The predicted octanol–water partition coefficient (Wildman–Crippen LogP) is 6.75. The maximum atomic E-state index is 14.3. The normalized spacial score (nSPS) is 11.7. The molecule has 5 aromatic rings. The van der Waals surface area contributed by atoms with Crippen molar-refractivity contribution >= 4 is 75.6 Å². The molecule has 11 nitrogen and oxygen atoms in total. The highest BCUT2D eigenvalue weighted by Gasteiger charge is 2.28. The number of carbonyl (C=O) groups excluding carboxylic acids is 4. The van der Waals surface area contributed by atoms with Crippen LogP contribution in [0.5, 0.6) is 0 Å². The fourth-order valence-electron chi connectivity index (χ4n) is 4.42. The Labute approximate surface area is 318 Å². The monoisotopic (exact) mass is 807 g/mol. The minimum Gasteiger partial charge on any atom is -0.370 e. The van der Waals surface area contributed by atoms with E-state index >= 15 is 0 Å². The minimum atomic E-state index is -1.81. The molecule has 0 aliphatic heterocycles. The van der Waals surface area contributed by atoms with Crippen molar-refractivity contribution in [3.8, 4) is 0 Å². The summed E-state index contributed by atoms with van der Waals surface area (Å²) in [6.45, 7) is 0. The summed E-state index contributed by atoms with van der Waals surface area (Å²) in [5, 5.41) is 16.9. The van der Waals surface area contributed by atoms with E-state index in [1.807, 2.05) is 0 Å². The van der Waals surface area contributed by atoms with Crippen molar-refractivity contribution in [3.05, 3.63) is 161 Å². The van der Waals surface area contributed by atoms with Gasteiger partial charge >= 0.3 is 5.69 Å². The Hall–Kier alpha value is -5.25. The molecule has 0 radical (unpaired) electrons. The van der Waals surface area contributed by atoms with Gasteiger partial charge in [0.2, 0.25) is 11.6 Å². The first-order valence-electron chi connectivity index (χ1n) is 14.9. The van der Waals surface area contributed by atoms with E-state index in [9.17, 15) is 42.3 Å². The number of aliphatic hydroxyl groups is 1. The number of halogens is 7. The van der Waals surface area contributed by atoms with E-state index in [0.29, 0.717) is 15.8 Å². The number of nitrogens with zero attached hydrogens (tertiary/aromatic N) is 2. The first-order chi connectivity index (χ1) is 25.1. The Balaban J connectivity index is 0.000000251. The standard InChI is InChI=1S/C20H14Cl2F2N4O3.C15H10Cl2FNO3/c1-25-17-15(24)9-28(20(31)26-17)18(16(29)10-5-6-13(22)14(23)8-10)27-19(30)11-3-2-4-12(21)7-11;16-10-3-1-2-9(6-10)14(21)19-15(22)13(20)8-4-5-11(17)12(18)7-8/h2-9,18H,1H3,(H,27,30)(H,25,26,31);1-7,15,22H,(H,19,21). The molecule has 0 saturated carbocycles. The second-order valence-corrected chi connectivity index (χ2v) is 12.3. The Bertz CT molecular complexity index is 2280. The number of nitrogens with one attached hydrogen (secondary N) is 3. The third-order valence-electron chi connectivity index (χ3n) is 7.04. The number of hydrogen-bond donors (Lipinski definition) is 4. The summed E-state index contributed by atoms with van der Waals surface area (Å²) in [7, 11) is 1.36. The van der Waals surface area contributed by atoms with Crippen molar-refractivity contribution in [1.29, 1.82) is 0 Å². The quantitative estimate of drug-likeness (QED) is 0.0892. The van der Waals surface area contributed by atoms with E-state index in [0.717, 1.165) is 18.2 Å². The van der Waals surface area contributed by atoms with Gasteiger partial charge in [0.15, 0.2) is 24.0 Å². The third-order valence-corrected chi connectivity index (χ3v) is 8.12. The molecule has 53 heavy (non-hydrogen) atoms. The minimum absolute atomic E-state index is 0.0842. The van der Waals surface area contributed by atoms with Crippen LogP contribution in [0.4, 0.5) is 19.0 Å². The molecule has 4 aromatic carbocycles. The molecule has 0 spiro atoms. The lowest BCUT2D eigenvalue weighted by atomic mass is 10.1. The number of rotatable bonds is 10. The van der Waals surface area contributed by atoms with Crippen molar-refractivity contribution < 1.29 is 37.5 Å². The molecular formula is C35H24Cl4F3N5O6. The smallest absolute Gasteiger partial charge is 0.351 e. The topological polar surface area (TPSA) is 159 Å². The van der Waals surface area contributed by atoms with Gasteiger partial charge in [-0.3, -0.25) is 23.7 Å². The molecule has 0 aliphatic carbocycles. The summed E-state index contributed by atoms with van der Waals surface area (Å²) in [6.07, 6.45) is -2.83. The summed E-state index contributed by atoms with van der Waals surface area (Å²) in [5.41, 5.74) is -1.07. The first kappa shape index (κ1) is 40.5. The van der Waals surface area contributed by atoms with Crippen LogP contribution in [0.25, 0.3) is 0 Å². The lowest BCUT2D eigenvalue weighted by Gasteiger charge is -2.20. The zero-order valence-electron chi connectivity index (χ0n) is 26.8. The molecule has 0 saturated heterocycles. The fourth-order valence-corrected chi connectivity index (χ4v) is 5.04. The lowest BCUT2D eigenvalue weighted by molar-refractivity contribution is 0.0607. The molecule has 18 heteroatoms. The van der Waals surface area contributed by atoms with E-state index < -0.39 is 58.9 Å². The summed E-state index contributed by atoms with van der Waals surface area (Å²) in [4.78, 5) is 65.6. The highest BCUT2D eigenvalue weighted by molar-refractivity contribution is 6.32. The zero-order chi connectivity index (χ0) is 39.0. The van der Waals surface area contributed by atoms with E-state index in [4.69, 9.17) is 46.4 Å². The van der Waals surface area contributed by atoms with Gasteiger partial charge in [0, 0.05) is 39.3 Å². The molecule has 2 unspecified atom stereocenters. The van der Waals surface area contributed by atoms with Gasteiger partial charge in [-0.1, -0.05) is 58.5 Å². The summed E-state index contributed by atoms with van der Waals surface area (Å²) in [6, 6.07) is 18.3. The zero-order valence-corrected chi connectivity index (χ0v) is 29.9. The van der Waals surface area contributed by atoms with Crippen molar-refractivity contribution in [2.75, 3.05) is 12.4 Å². The highest BCUT2D eigenvalue weighted by Crippen LogP contribution is 2.21. The second-order valence-electron chi connectivity index (χ2n) is 10.6. The van der Waals surface area contributed by atoms with Crippen molar-refractivity contribution in [3.63, 3.8) is 0 Å². The average Bonchev–Trinajstić information content (AvgIpc) is 3.13. The van der Waals surface area contributed by atoms with Gasteiger partial charge < -0.3 is 21.1 Å². The second kappa shape index (κ2) is 18.0. The van der Waals surface area contributed by atoms with Gasteiger partial charge in [-0.05, 0) is 72.8 Å². The van der Waals surface area contributed by atoms with E-state index in [-0.39, 0.29) is 43.1 Å². The Morgan fingerprint density at radius 2 is 1.17 bits per heavy atom. The molecule has 0 bridgehead atoms. The largest absolute Gasteiger partial charge is 0.370 e. The number of aliphatic hydroxyl groups excluding tert-OH is 1. The number of hydrogen-bond acceptors (Lipinski definition) is 8. The maximum Gasteiger partial charge on any atom is 0.351 e. The number of anilines is 1. The van der Waals surface area contributed by atoms with E-state index in [1.54, 1.807) is 12.1 Å². The van der Waals surface area contributed by atoms with Gasteiger partial charge in [0.05, 0.1) is 16.2 Å². The van der Waals surface area contributed by atoms with Crippen molar-refractivity contribution in [2.45, 2.75) is 12.4 Å². The van der Waals surface area contributed by atoms with Gasteiger partial charge in [-0.15, -0.1) is 0 Å². The summed E-state index contributed by atoms with van der Waals surface area (Å²) < 4.78 is 42.1. The molecule has 0 aliphatic rings. The molecule has 2 atom stereocenters. The van der Waals surface area contributed by atoms with Crippen LogP contribution in [-0.2, 0) is 0 Å². The predicted molar refractivity (Wildman–Crippen MR) is 192 cm³/mol. The fraction of sp³-hybridized carbons (Fsp3) is 0.0857. The Morgan fingerprint density at radius 3 is 1.64 bits per heavy atom. The number of Topliss-reactive ketones (excluding diaryl/α,β-unsaturated/α-hetero) is 2. The number of carbonyl (C=O) groups is 4. The summed E-state index contributed by atoms with van der Waals surface area (Å²) >= 11 is 22.8. The SMILES string of the molecule is CNc1nc(=O)n(C(NC(=O)c2cccc(Cl)c2)C(=O)c2ccc(Cl)c(F)c2)cc1F.O=C(NC(O)C(=O)c1ccc(Cl)c(F)c1)c1cccc(Cl)c1. The van der Waals surface area contributed by atoms with Crippen molar-refractivity contribution in [1.82, 2.24) is 20.2 Å². The molecule has 4 N–H and O–H groups in total. The van der Waals surface area contributed by atoms with Gasteiger partial charge in [-0.2, -0.15) is 4.98 Å². The van der Waals surface area contributed by atoms with Gasteiger partial charge in [0.25, 0.3) is 11.8 Å². The van der Waals surface area contributed by atoms with Crippen LogP contribution in [0, 0.1) is 17.5 Å². The molecular weight excluding hydrogens is 785 g/mol. The van der Waals surface area contributed by atoms with Crippen LogP contribution in [0.1, 0.15) is 47.6 Å². The van der Waals surface area contributed by atoms with Crippen LogP contribution >= 0.6 is 46.4 Å². The van der Waals surface area contributed by atoms with E-state index in [1.165, 1.54) is 61.6 Å². The molecule has 1 heterocycles. The first-order valence-corrected chi connectivity index (χ1v) is 16.4. The van der Waals surface area contributed by atoms with Crippen LogP contribution in [0.15, 0.2) is 95.9 Å². The highest BCUT2D eigenvalue weighted by atomic mass is 35.5. The van der Waals surface area contributed by atoms with Crippen LogP contribution in [0.3, 0.4) is 0 Å². The number of aromatic nitrogens is 2. The lowest BCUT2D eigenvalue weighted by Crippen LogP contribution is -2.43. The molecule has 5 rings (SSSR count).